The van der Waals surface area contributed by atoms with E-state index < -0.39 is 5.60 Å². The SMILES string of the molecule is CC(CN(C)C(=O)OC(C)(C)C)N(C)c1nc2ccccc2n1Cc1ccc(F)cc1. The van der Waals surface area contributed by atoms with E-state index in [2.05, 4.69) is 9.47 Å². The lowest BCUT2D eigenvalue weighted by Crippen LogP contribution is -2.44. The second kappa shape index (κ2) is 8.96. The third kappa shape index (κ3) is 5.54. The maximum atomic E-state index is 13.4. The Bertz CT molecular complexity index is 1040. The molecule has 0 aliphatic rings. The number of imidazole rings is 1. The van der Waals surface area contributed by atoms with Crippen molar-refractivity contribution in [2.24, 2.45) is 0 Å². The normalized spacial score (nSPS) is 12.6. The van der Waals surface area contributed by atoms with Crippen molar-refractivity contribution in [3.8, 4) is 0 Å². The average molecular weight is 427 g/mol. The van der Waals surface area contributed by atoms with Crippen molar-refractivity contribution in [3.05, 3.63) is 59.9 Å². The first-order valence-electron chi connectivity index (χ1n) is 10.4. The molecule has 0 aliphatic heterocycles. The van der Waals surface area contributed by atoms with E-state index in [0.29, 0.717) is 13.1 Å². The minimum absolute atomic E-state index is 0.0127. The summed E-state index contributed by atoms with van der Waals surface area (Å²) in [5.74, 6) is 0.533. The van der Waals surface area contributed by atoms with Crippen molar-refractivity contribution in [3.63, 3.8) is 0 Å². The van der Waals surface area contributed by atoms with E-state index in [1.165, 1.54) is 12.1 Å². The summed E-state index contributed by atoms with van der Waals surface area (Å²) in [6, 6.07) is 14.4. The molecule has 1 amide bonds. The van der Waals surface area contributed by atoms with Gasteiger partial charge in [-0.25, -0.2) is 14.2 Å². The van der Waals surface area contributed by atoms with Gasteiger partial charge in [-0.15, -0.1) is 0 Å². The van der Waals surface area contributed by atoms with Crippen LogP contribution in [0, 0.1) is 5.82 Å². The summed E-state index contributed by atoms with van der Waals surface area (Å²) in [7, 11) is 3.70. The van der Waals surface area contributed by atoms with Gasteiger partial charge in [-0.3, -0.25) is 0 Å². The minimum Gasteiger partial charge on any atom is -0.444 e. The van der Waals surface area contributed by atoms with Gasteiger partial charge in [-0.2, -0.15) is 0 Å². The van der Waals surface area contributed by atoms with Crippen molar-refractivity contribution >= 4 is 23.1 Å². The van der Waals surface area contributed by atoms with Crippen molar-refractivity contribution in [2.45, 2.75) is 45.9 Å². The number of benzene rings is 2. The molecule has 3 aromatic rings. The van der Waals surface area contributed by atoms with Gasteiger partial charge in [-0.05, 0) is 57.5 Å². The van der Waals surface area contributed by atoms with Gasteiger partial charge >= 0.3 is 6.09 Å². The highest BCUT2D eigenvalue weighted by molar-refractivity contribution is 5.79. The number of halogens is 1. The first-order chi connectivity index (χ1) is 14.5. The molecule has 0 aliphatic carbocycles. The molecule has 3 rings (SSSR count). The zero-order valence-electron chi connectivity index (χ0n) is 19.1. The third-order valence-electron chi connectivity index (χ3n) is 5.11. The topological polar surface area (TPSA) is 50.6 Å². The maximum Gasteiger partial charge on any atom is 0.410 e. The van der Waals surface area contributed by atoms with E-state index in [1.54, 1.807) is 24.1 Å². The van der Waals surface area contributed by atoms with Crippen LogP contribution in [0.25, 0.3) is 11.0 Å². The molecule has 0 saturated heterocycles. The van der Waals surface area contributed by atoms with Gasteiger partial charge in [0, 0.05) is 26.7 Å². The van der Waals surface area contributed by atoms with Crippen LogP contribution in [0.3, 0.4) is 0 Å². The van der Waals surface area contributed by atoms with E-state index in [1.807, 2.05) is 59.0 Å². The largest absolute Gasteiger partial charge is 0.444 e. The summed E-state index contributed by atoms with van der Waals surface area (Å²) in [6.07, 6.45) is -0.354. The van der Waals surface area contributed by atoms with Gasteiger partial charge in [0.2, 0.25) is 5.95 Å². The molecule has 2 aromatic carbocycles. The molecule has 7 heteroatoms. The Morgan fingerprint density at radius 1 is 1.13 bits per heavy atom. The molecular formula is C24H31FN4O2. The van der Waals surface area contributed by atoms with Crippen LogP contribution in [0.1, 0.15) is 33.3 Å². The smallest absolute Gasteiger partial charge is 0.410 e. The second-order valence-electron chi connectivity index (χ2n) is 8.93. The molecular weight excluding hydrogens is 395 g/mol. The number of likely N-dealkylation sites (N-methyl/N-ethyl adjacent to an activating group) is 2. The molecule has 0 spiro atoms. The Balaban J connectivity index is 1.85. The van der Waals surface area contributed by atoms with Gasteiger partial charge < -0.3 is 19.1 Å². The van der Waals surface area contributed by atoms with Crippen LogP contribution in [0.2, 0.25) is 0 Å². The second-order valence-corrected chi connectivity index (χ2v) is 8.93. The van der Waals surface area contributed by atoms with Crippen LogP contribution in [-0.4, -0.2) is 52.8 Å². The lowest BCUT2D eigenvalue weighted by molar-refractivity contribution is 0.0291. The van der Waals surface area contributed by atoms with Crippen molar-refractivity contribution in [2.75, 3.05) is 25.5 Å². The first kappa shape index (κ1) is 22.6. The molecule has 0 N–H and O–H groups in total. The summed E-state index contributed by atoms with van der Waals surface area (Å²) in [5, 5.41) is 0. The van der Waals surface area contributed by atoms with E-state index in [-0.39, 0.29) is 18.0 Å². The standard InChI is InChI=1S/C24H31FN4O2/c1-17(15-27(5)23(30)31-24(2,3)4)28(6)22-26-20-9-7-8-10-21(20)29(22)16-18-11-13-19(25)14-12-18/h7-14,17H,15-16H2,1-6H3. The summed E-state index contributed by atoms with van der Waals surface area (Å²) in [5.41, 5.74) is 2.34. The van der Waals surface area contributed by atoms with Gasteiger partial charge in [0.05, 0.1) is 17.6 Å². The number of hydrogen-bond donors (Lipinski definition) is 0. The van der Waals surface area contributed by atoms with Crippen LogP contribution < -0.4 is 4.90 Å². The zero-order valence-corrected chi connectivity index (χ0v) is 19.1. The predicted octanol–water partition coefficient (Wildman–Crippen LogP) is 4.92. The third-order valence-corrected chi connectivity index (χ3v) is 5.11. The maximum absolute atomic E-state index is 13.4. The summed E-state index contributed by atoms with van der Waals surface area (Å²) < 4.78 is 20.9. The van der Waals surface area contributed by atoms with Crippen LogP contribution in [0.15, 0.2) is 48.5 Å². The molecule has 1 unspecified atom stereocenters. The van der Waals surface area contributed by atoms with Gasteiger partial charge in [0.1, 0.15) is 11.4 Å². The quantitative estimate of drug-likeness (QED) is 0.562. The van der Waals surface area contributed by atoms with Crippen LogP contribution in [-0.2, 0) is 11.3 Å². The Hall–Kier alpha value is -3.09. The van der Waals surface area contributed by atoms with Gasteiger partial charge in [0.15, 0.2) is 0 Å². The predicted molar refractivity (Wildman–Crippen MR) is 122 cm³/mol. The number of ether oxygens (including phenoxy) is 1. The number of carbonyl (C=O) groups excluding carboxylic acids is 1. The van der Waals surface area contributed by atoms with Crippen molar-refractivity contribution in [1.29, 1.82) is 0 Å². The van der Waals surface area contributed by atoms with E-state index in [4.69, 9.17) is 9.72 Å². The van der Waals surface area contributed by atoms with E-state index in [9.17, 15) is 9.18 Å². The summed E-state index contributed by atoms with van der Waals surface area (Å²) >= 11 is 0. The molecule has 0 saturated carbocycles. The Morgan fingerprint density at radius 3 is 2.42 bits per heavy atom. The fraction of sp³-hybridized carbons (Fsp3) is 0.417. The number of hydrogen-bond acceptors (Lipinski definition) is 4. The first-order valence-corrected chi connectivity index (χ1v) is 10.4. The number of rotatable bonds is 6. The van der Waals surface area contributed by atoms with Crippen LogP contribution in [0.4, 0.5) is 15.1 Å². The van der Waals surface area contributed by atoms with Gasteiger partial charge in [0.25, 0.3) is 0 Å². The number of carbonyl (C=O) groups is 1. The van der Waals surface area contributed by atoms with Gasteiger partial charge in [-0.1, -0.05) is 24.3 Å². The Morgan fingerprint density at radius 2 is 1.77 bits per heavy atom. The average Bonchev–Trinajstić information content (AvgIpc) is 3.06. The fourth-order valence-electron chi connectivity index (χ4n) is 3.39. The number of para-hydroxylation sites is 2. The van der Waals surface area contributed by atoms with Crippen LogP contribution in [0.5, 0.6) is 0 Å². The molecule has 1 heterocycles. The molecule has 0 fully saturated rings. The lowest BCUT2D eigenvalue weighted by Gasteiger charge is -2.31. The van der Waals surface area contributed by atoms with Crippen molar-refractivity contribution in [1.82, 2.24) is 14.5 Å². The molecule has 6 nitrogen and oxygen atoms in total. The Kier molecular flexibility index (Phi) is 6.53. The highest BCUT2D eigenvalue weighted by Gasteiger charge is 2.24. The number of anilines is 1. The molecule has 166 valence electrons. The highest BCUT2D eigenvalue weighted by atomic mass is 19.1. The number of aromatic nitrogens is 2. The minimum atomic E-state index is -0.538. The van der Waals surface area contributed by atoms with Crippen LogP contribution >= 0.6 is 0 Å². The lowest BCUT2D eigenvalue weighted by atomic mass is 10.2. The Labute approximate surface area is 183 Å². The van der Waals surface area contributed by atoms with E-state index in [0.717, 1.165) is 22.5 Å². The zero-order chi connectivity index (χ0) is 22.8. The fourth-order valence-corrected chi connectivity index (χ4v) is 3.39. The molecule has 1 aromatic heterocycles. The molecule has 0 radical (unpaired) electrons. The van der Waals surface area contributed by atoms with E-state index >= 15 is 0 Å². The molecule has 1 atom stereocenters. The number of nitrogens with zero attached hydrogens (tertiary/aromatic N) is 4. The molecule has 31 heavy (non-hydrogen) atoms. The summed E-state index contributed by atoms with van der Waals surface area (Å²) in [6.45, 7) is 8.65. The number of fused-ring (bicyclic) bond motifs is 1. The van der Waals surface area contributed by atoms with Crippen molar-refractivity contribution < 1.29 is 13.9 Å². The monoisotopic (exact) mass is 426 g/mol. The number of amides is 1. The summed E-state index contributed by atoms with van der Waals surface area (Å²) in [4.78, 5) is 20.8. The highest BCUT2D eigenvalue weighted by Crippen LogP contribution is 2.25. The molecule has 0 bridgehead atoms.